The molecule has 0 spiro atoms. The van der Waals surface area contributed by atoms with Gasteiger partial charge in [-0.25, -0.2) is 10.4 Å². The maximum absolute atomic E-state index is 12.4. The summed E-state index contributed by atoms with van der Waals surface area (Å²) in [4.78, 5) is 17.0. The highest BCUT2D eigenvalue weighted by Gasteiger charge is 2.09. The highest BCUT2D eigenvalue weighted by Crippen LogP contribution is 2.34. The zero-order valence-electron chi connectivity index (χ0n) is 17.4. The number of nitrogens with one attached hydrogen (secondary N) is 2. The predicted molar refractivity (Wildman–Crippen MR) is 135 cm³/mol. The molecule has 4 aromatic rings. The van der Waals surface area contributed by atoms with E-state index >= 15 is 0 Å². The summed E-state index contributed by atoms with van der Waals surface area (Å²) in [5, 5.41) is 19.9. The number of hydrogen-bond acceptors (Lipinski definition) is 7. The van der Waals surface area contributed by atoms with Crippen LogP contribution in [-0.4, -0.2) is 29.3 Å². The summed E-state index contributed by atoms with van der Waals surface area (Å²) in [6, 6.07) is 20.3. The average molecular weight is 523 g/mol. The van der Waals surface area contributed by atoms with Gasteiger partial charge in [0.15, 0.2) is 16.6 Å². The Kier molecular flexibility index (Phi) is 7.01. The Balaban J connectivity index is 1.39. The fourth-order valence-electron chi connectivity index (χ4n) is 2.95. The van der Waals surface area contributed by atoms with Gasteiger partial charge in [-0.1, -0.05) is 30.3 Å². The summed E-state index contributed by atoms with van der Waals surface area (Å²) in [5.74, 6) is -0.0360. The monoisotopic (exact) mass is 522 g/mol. The van der Waals surface area contributed by atoms with E-state index in [4.69, 9.17) is 4.74 Å². The summed E-state index contributed by atoms with van der Waals surface area (Å²) < 4.78 is 5.57. The van der Waals surface area contributed by atoms with E-state index in [1.54, 1.807) is 24.3 Å². The molecule has 0 aliphatic rings. The molecule has 0 aliphatic carbocycles. The summed E-state index contributed by atoms with van der Waals surface area (Å²) in [5.41, 5.74) is 6.33. The number of nitrogens with zero attached hydrogens (tertiary/aromatic N) is 2. The SMILES string of the molecule is COc1cc(/C=N\NC(=O)c2ccc(-c3csc(Nc4ccccc4)n3)cc2)cc(Br)c1O. The van der Waals surface area contributed by atoms with Gasteiger partial charge in [0.2, 0.25) is 0 Å². The molecule has 0 fully saturated rings. The first-order chi connectivity index (χ1) is 16.0. The smallest absolute Gasteiger partial charge is 0.271 e. The lowest BCUT2D eigenvalue weighted by Gasteiger charge is -2.06. The van der Waals surface area contributed by atoms with Crippen LogP contribution in [0.4, 0.5) is 10.8 Å². The first-order valence-corrected chi connectivity index (χ1v) is 11.5. The number of halogens is 1. The molecule has 3 aromatic carbocycles. The number of phenolic OH excluding ortho intramolecular Hbond substituents is 1. The maximum Gasteiger partial charge on any atom is 0.271 e. The fraction of sp³-hybridized carbons (Fsp3) is 0.0417. The Bertz CT molecular complexity index is 1290. The number of amides is 1. The first kappa shape index (κ1) is 22.5. The summed E-state index contributed by atoms with van der Waals surface area (Å²) in [7, 11) is 1.46. The Hall–Kier alpha value is -3.69. The van der Waals surface area contributed by atoms with Crippen LogP contribution >= 0.6 is 27.3 Å². The number of para-hydroxylation sites is 1. The molecule has 33 heavy (non-hydrogen) atoms. The third-order valence-electron chi connectivity index (χ3n) is 4.62. The van der Waals surface area contributed by atoms with Crippen molar-refractivity contribution in [3.63, 3.8) is 0 Å². The van der Waals surface area contributed by atoms with Crippen molar-refractivity contribution in [3.05, 3.63) is 87.7 Å². The van der Waals surface area contributed by atoms with Gasteiger partial charge in [0.1, 0.15) is 0 Å². The number of anilines is 2. The minimum absolute atomic E-state index is 0.00172. The van der Waals surface area contributed by atoms with Crippen molar-refractivity contribution in [1.82, 2.24) is 10.4 Å². The van der Waals surface area contributed by atoms with Crippen LogP contribution in [0.25, 0.3) is 11.3 Å². The second kappa shape index (κ2) is 10.3. The quantitative estimate of drug-likeness (QED) is 0.210. The molecule has 4 rings (SSSR count). The Morgan fingerprint density at radius 2 is 1.91 bits per heavy atom. The van der Waals surface area contributed by atoms with Crippen LogP contribution < -0.4 is 15.5 Å². The molecule has 0 bridgehead atoms. The van der Waals surface area contributed by atoms with Crippen molar-refractivity contribution >= 4 is 50.2 Å². The number of ether oxygens (including phenoxy) is 1. The molecular formula is C24H19BrN4O3S. The number of methoxy groups -OCH3 is 1. The maximum atomic E-state index is 12.4. The molecule has 1 heterocycles. The van der Waals surface area contributed by atoms with Crippen LogP contribution in [0.3, 0.4) is 0 Å². The van der Waals surface area contributed by atoms with Gasteiger partial charge in [0.05, 0.1) is 23.5 Å². The van der Waals surface area contributed by atoms with E-state index in [2.05, 4.69) is 36.8 Å². The summed E-state index contributed by atoms with van der Waals surface area (Å²) >= 11 is 4.77. The lowest BCUT2D eigenvalue weighted by Crippen LogP contribution is -2.17. The Morgan fingerprint density at radius 3 is 2.64 bits per heavy atom. The van der Waals surface area contributed by atoms with Gasteiger partial charge in [-0.05, 0) is 57.9 Å². The van der Waals surface area contributed by atoms with Gasteiger partial charge in [-0.3, -0.25) is 4.79 Å². The van der Waals surface area contributed by atoms with Gasteiger partial charge < -0.3 is 15.2 Å². The Morgan fingerprint density at radius 1 is 1.15 bits per heavy atom. The van der Waals surface area contributed by atoms with Crippen molar-refractivity contribution in [2.24, 2.45) is 5.10 Å². The number of carbonyl (C=O) groups is 1. The Labute approximate surface area is 202 Å². The van der Waals surface area contributed by atoms with Crippen molar-refractivity contribution in [2.75, 3.05) is 12.4 Å². The summed E-state index contributed by atoms with van der Waals surface area (Å²) in [6.45, 7) is 0. The van der Waals surface area contributed by atoms with Crippen molar-refractivity contribution in [3.8, 4) is 22.8 Å². The van der Waals surface area contributed by atoms with E-state index in [0.29, 0.717) is 21.3 Å². The number of thiazole rings is 1. The number of rotatable bonds is 7. The standard InChI is InChI=1S/C24H19BrN4O3S/c1-32-21-12-15(11-19(25)22(21)30)13-26-29-23(31)17-9-7-16(8-10-17)20-14-33-24(28-20)27-18-5-3-2-4-6-18/h2-14,30H,1H3,(H,27,28)(H,29,31)/b26-13-. The highest BCUT2D eigenvalue weighted by molar-refractivity contribution is 9.10. The van der Waals surface area contributed by atoms with E-state index in [1.165, 1.54) is 24.7 Å². The number of carbonyl (C=O) groups excluding carboxylic acids is 1. The molecule has 0 aliphatic heterocycles. The molecule has 3 N–H and O–H groups in total. The highest BCUT2D eigenvalue weighted by atomic mass is 79.9. The third kappa shape index (κ3) is 5.57. The topological polar surface area (TPSA) is 95.8 Å². The second-order valence-corrected chi connectivity index (χ2v) is 8.57. The van der Waals surface area contributed by atoms with Crippen LogP contribution in [0.2, 0.25) is 0 Å². The number of phenols is 1. The van der Waals surface area contributed by atoms with Gasteiger partial charge in [0, 0.05) is 22.2 Å². The van der Waals surface area contributed by atoms with Crippen molar-refractivity contribution in [2.45, 2.75) is 0 Å². The van der Waals surface area contributed by atoms with Crippen LogP contribution in [0.5, 0.6) is 11.5 Å². The third-order valence-corrected chi connectivity index (χ3v) is 5.98. The lowest BCUT2D eigenvalue weighted by atomic mass is 10.1. The number of aromatic nitrogens is 1. The molecule has 7 nitrogen and oxygen atoms in total. The minimum Gasteiger partial charge on any atom is -0.503 e. The number of hydrazone groups is 1. The lowest BCUT2D eigenvalue weighted by molar-refractivity contribution is 0.0955. The molecule has 0 saturated heterocycles. The zero-order chi connectivity index (χ0) is 23.2. The molecular weight excluding hydrogens is 504 g/mol. The number of benzene rings is 3. The van der Waals surface area contributed by atoms with Crippen LogP contribution in [0.15, 0.2) is 81.7 Å². The molecule has 166 valence electrons. The number of hydrogen-bond donors (Lipinski definition) is 3. The van der Waals surface area contributed by atoms with E-state index in [9.17, 15) is 9.90 Å². The van der Waals surface area contributed by atoms with Gasteiger partial charge in [-0.2, -0.15) is 5.10 Å². The average Bonchev–Trinajstić information content (AvgIpc) is 3.30. The normalized spacial score (nSPS) is 10.8. The van der Waals surface area contributed by atoms with Crippen LogP contribution in [0.1, 0.15) is 15.9 Å². The van der Waals surface area contributed by atoms with E-state index < -0.39 is 0 Å². The van der Waals surface area contributed by atoms with Crippen LogP contribution in [0, 0.1) is 0 Å². The van der Waals surface area contributed by atoms with Gasteiger partial charge >= 0.3 is 0 Å². The van der Waals surface area contributed by atoms with Crippen molar-refractivity contribution in [1.29, 1.82) is 0 Å². The van der Waals surface area contributed by atoms with Gasteiger partial charge in [-0.15, -0.1) is 11.3 Å². The molecule has 0 radical (unpaired) electrons. The molecule has 1 amide bonds. The predicted octanol–water partition coefficient (Wildman–Crippen LogP) is 5.79. The zero-order valence-corrected chi connectivity index (χ0v) is 19.9. The van der Waals surface area contributed by atoms with E-state index in [-0.39, 0.29) is 11.7 Å². The molecule has 0 atom stereocenters. The van der Waals surface area contributed by atoms with Gasteiger partial charge in [0.25, 0.3) is 5.91 Å². The molecule has 1 aromatic heterocycles. The largest absolute Gasteiger partial charge is 0.503 e. The fourth-order valence-corrected chi connectivity index (χ4v) is 4.15. The van der Waals surface area contributed by atoms with E-state index in [0.717, 1.165) is 22.1 Å². The second-order valence-electron chi connectivity index (χ2n) is 6.86. The van der Waals surface area contributed by atoms with Crippen LogP contribution in [-0.2, 0) is 0 Å². The number of aromatic hydroxyl groups is 1. The molecule has 0 unspecified atom stereocenters. The molecule has 9 heteroatoms. The summed E-state index contributed by atoms with van der Waals surface area (Å²) in [6.07, 6.45) is 1.47. The first-order valence-electron chi connectivity index (χ1n) is 9.81. The molecule has 0 saturated carbocycles. The van der Waals surface area contributed by atoms with Crippen molar-refractivity contribution < 1.29 is 14.6 Å². The van der Waals surface area contributed by atoms with E-state index in [1.807, 2.05) is 47.8 Å². The minimum atomic E-state index is -0.340.